The molecule has 4 aromatic carbocycles. The number of hydrogen-bond acceptors (Lipinski definition) is 3. The van der Waals surface area contributed by atoms with Crippen LogP contribution in [0, 0.1) is 5.82 Å². The summed E-state index contributed by atoms with van der Waals surface area (Å²) in [6, 6.07) is 23.5. The number of rotatable bonds is 7. The Kier molecular flexibility index (Phi) is 6.71. The second kappa shape index (κ2) is 9.83. The highest BCUT2D eigenvalue weighted by Gasteiger charge is 2.14. The number of benzene rings is 4. The van der Waals surface area contributed by atoms with Gasteiger partial charge in [-0.25, -0.2) is 4.39 Å². The lowest BCUT2D eigenvalue weighted by molar-refractivity contribution is 0.102. The van der Waals surface area contributed by atoms with Gasteiger partial charge in [0.05, 0.1) is 12.3 Å². The molecule has 1 N–H and O–H groups in total. The van der Waals surface area contributed by atoms with Gasteiger partial charge in [-0.15, -0.1) is 0 Å². The van der Waals surface area contributed by atoms with Crippen LogP contribution in [0.5, 0.6) is 11.5 Å². The second-order valence-corrected chi connectivity index (χ2v) is 8.05. The maximum absolute atomic E-state index is 14.1. The van der Waals surface area contributed by atoms with Gasteiger partial charge in [0.2, 0.25) is 0 Å². The number of carbonyl (C=O) groups is 1. The molecule has 4 rings (SSSR count). The molecule has 0 atom stereocenters. The predicted molar refractivity (Wildman–Crippen MR) is 128 cm³/mol. The first-order chi connectivity index (χ1) is 15.5. The average Bonchev–Trinajstić information content (AvgIpc) is 2.80. The molecule has 0 saturated heterocycles. The first kappa shape index (κ1) is 21.8. The van der Waals surface area contributed by atoms with Gasteiger partial charge >= 0.3 is 0 Å². The van der Waals surface area contributed by atoms with Crippen LogP contribution in [0.2, 0.25) is 0 Å². The molecule has 162 valence electrons. The molecule has 6 heteroatoms. The Morgan fingerprint density at radius 1 is 0.938 bits per heavy atom. The maximum atomic E-state index is 14.1. The fourth-order valence-electron chi connectivity index (χ4n) is 3.33. The topological polar surface area (TPSA) is 47.6 Å². The van der Waals surface area contributed by atoms with E-state index in [1.807, 2.05) is 49.4 Å². The Balaban J connectivity index is 1.54. The van der Waals surface area contributed by atoms with Gasteiger partial charge in [-0.2, -0.15) is 0 Å². The zero-order valence-corrected chi connectivity index (χ0v) is 19.0. The molecule has 0 aliphatic heterocycles. The van der Waals surface area contributed by atoms with Crippen LogP contribution in [0.25, 0.3) is 10.8 Å². The first-order valence-electron chi connectivity index (χ1n) is 10.2. The molecule has 32 heavy (non-hydrogen) atoms. The Morgan fingerprint density at radius 3 is 2.53 bits per heavy atom. The Morgan fingerprint density at radius 2 is 1.75 bits per heavy atom. The molecule has 0 saturated carbocycles. The van der Waals surface area contributed by atoms with E-state index in [1.54, 1.807) is 24.3 Å². The summed E-state index contributed by atoms with van der Waals surface area (Å²) in [4.78, 5) is 12.7. The van der Waals surface area contributed by atoms with Crippen molar-refractivity contribution in [3.05, 3.63) is 100 Å². The van der Waals surface area contributed by atoms with Gasteiger partial charge in [0.1, 0.15) is 23.9 Å². The number of fused-ring (bicyclic) bond motifs is 1. The fourth-order valence-corrected chi connectivity index (χ4v) is 3.67. The molecule has 0 bridgehead atoms. The summed E-state index contributed by atoms with van der Waals surface area (Å²) in [7, 11) is 0. The molecule has 0 aliphatic rings. The van der Waals surface area contributed by atoms with Crippen molar-refractivity contribution in [2.45, 2.75) is 13.5 Å². The lowest BCUT2D eigenvalue weighted by Gasteiger charge is -2.14. The van der Waals surface area contributed by atoms with Crippen LogP contribution in [-0.4, -0.2) is 12.5 Å². The van der Waals surface area contributed by atoms with E-state index in [-0.39, 0.29) is 12.3 Å². The third-order valence-electron chi connectivity index (χ3n) is 4.92. The molecular weight excluding hydrogens is 473 g/mol. The van der Waals surface area contributed by atoms with Crippen LogP contribution >= 0.6 is 15.9 Å². The van der Waals surface area contributed by atoms with Crippen molar-refractivity contribution in [2.75, 3.05) is 11.9 Å². The molecule has 0 heterocycles. The summed E-state index contributed by atoms with van der Waals surface area (Å²) in [6.45, 7) is 2.60. The molecule has 0 fully saturated rings. The summed E-state index contributed by atoms with van der Waals surface area (Å²) in [5.41, 5.74) is 1.22. The quantitative estimate of drug-likeness (QED) is 0.302. The van der Waals surface area contributed by atoms with Crippen LogP contribution in [0.4, 0.5) is 10.1 Å². The third-order valence-corrected chi connectivity index (χ3v) is 5.41. The van der Waals surface area contributed by atoms with Gasteiger partial charge < -0.3 is 14.8 Å². The Labute approximate surface area is 194 Å². The van der Waals surface area contributed by atoms with Crippen molar-refractivity contribution in [1.29, 1.82) is 0 Å². The second-order valence-electron chi connectivity index (χ2n) is 7.13. The maximum Gasteiger partial charge on any atom is 0.255 e. The van der Waals surface area contributed by atoms with Crippen molar-refractivity contribution in [3.8, 4) is 11.5 Å². The monoisotopic (exact) mass is 493 g/mol. The fraction of sp³-hybridized carbons (Fsp3) is 0.115. The van der Waals surface area contributed by atoms with Gasteiger partial charge in [-0.1, -0.05) is 46.3 Å². The lowest BCUT2D eigenvalue weighted by Crippen LogP contribution is -2.14. The van der Waals surface area contributed by atoms with Gasteiger partial charge in [0, 0.05) is 15.6 Å². The van der Waals surface area contributed by atoms with E-state index < -0.39 is 11.7 Å². The van der Waals surface area contributed by atoms with Crippen molar-refractivity contribution >= 4 is 38.3 Å². The number of ether oxygens (including phenoxy) is 2. The minimum absolute atomic E-state index is 0.112. The highest BCUT2D eigenvalue weighted by atomic mass is 79.9. The predicted octanol–water partition coefficient (Wildman–Crippen LogP) is 6.97. The van der Waals surface area contributed by atoms with Crippen LogP contribution in [0.15, 0.2) is 83.3 Å². The van der Waals surface area contributed by atoms with Crippen molar-refractivity contribution in [3.63, 3.8) is 0 Å². The molecular formula is C26H21BrFNO3. The first-order valence-corrected chi connectivity index (χ1v) is 11.0. The van der Waals surface area contributed by atoms with Crippen LogP contribution in [0.3, 0.4) is 0 Å². The van der Waals surface area contributed by atoms with E-state index in [2.05, 4.69) is 21.2 Å². The van der Waals surface area contributed by atoms with E-state index in [4.69, 9.17) is 9.47 Å². The number of amides is 1. The number of nitrogens with one attached hydrogen (secondary N) is 1. The zero-order chi connectivity index (χ0) is 22.5. The standard InChI is InChI=1S/C26H21BrFNO3/c1-2-31-25-12-8-19(26(30)29-24-11-9-21(27)15-23(24)28)13-20(25)16-32-22-10-7-17-5-3-4-6-18(17)14-22/h3-15H,2,16H2,1H3,(H,29,30). The smallest absolute Gasteiger partial charge is 0.255 e. The normalized spacial score (nSPS) is 10.7. The highest BCUT2D eigenvalue weighted by molar-refractivity contribution is 9.10. The average molecular weight is 494 g/mol. The summed E-state index contributed by atoms with van der Waals surface area (Å²) < 4.78 is 26.4. The lowest BCUT2D eigenvalue weighted by atomic mass is 10.1. The Hall–Kier alpha value is -3.38. The summed E-state index contributed by atoms with van der Waals surface area (Å²) >= 11 is 3.21. The zero-order valence-electron chi connectivity index (χ0n) is 17.4. The molecule has 0 spiro atoms. The van der Waals surface area contributed by atoms with Crippen molar-refractivity contribution < 1.29 is 18.7 Å². The number of carbonyl (C=O) groups excluding carboxylic acids is 1. The molecule has 1 amide bonds. The van der Waals surface area contributed by atoms with E-state index in [1.165, 1.54) is 12.1 Å². The minimum Gasteiger partial charge on any atom is -0.493 e. The molecule has 4 nitrogen and oxygen atoms in total. The van der Waals surface area contributed by atoms with Crippen LogP contribution in [-0.2, 0) is 6.61 Å². The molecule has 0 aliphatic carbocycles. The van der Waals surface area contributed by atoms with Gasteiger partial charge in [0.25, 0.3) is 5.91 Å². The number of halogens is 2. The highest BCUT2D eigenvalue weighted by Crippen LogP contribution is 2.26. The van der Waals surface area contributed by atoms with E-state index in [9.17, 15) is 9.18 Å². The van der Waals surface area contributed by atoms with Gasteiger partial charge in [0.15, 0.2) is 0 Å². The summed E-state index contributed by atoms with van der Waals surface area (Å²) in [6.07, 6.45) is 0. The largest absolute Gasteiger partial charge is 0.493 e. The third kappa shape index (κ3) is 5.08. The number of hydrogen-bond donors (Lipinski definition) is 1. The van der Waals surface area contributed by atoms with E-state index in [0.29, 0.717) is 22.4 Å². The van der Waals surface area contributed by atoms with Crippen molar-refractivity contribution in [1.82, 2.24) is 0 Å². The van der Waals surface area contributed by atoms with Crippen molar-refractivity contribution in [2.24, 2.45) is 0 Å². The molecule has 0 aromatic heterocycles. The van der Waals surface area contributed by atoms with Gasteiger partial charge in [-0.05, 0) is 66.2 Å². The van der Waals surface area contributed by atoms with Crippen LogP contribution in [0.1, 0.15) is 22.8 Å². The number of anilines is 1. The van der Waals surface area contributed by atoms with E-state index in [0.717, 1.165) is 22.1 Å². The van der Waals surface area contributed by atoms with Crippen LogP contribution < -0.4 is 14.8 Å². The molecule has 0 radical (unpaired) electrons. The molecule has 0 unspecified atom stereocenters. The molecule has 4 aromatic rings. The SMILES string of the molecule is CCOc1ccc(C(=O)Nc2ccc(Br)cc2F)cc1COc1ccc2ccccc2c1. The summed E-state index contributed by atoms with van der Waals surface area (Å²) in [5.74, 6) is 0.428. The summed E-state index contributed by atoms with van der Waals surface area (Å²) in [5, 5.41) is 4.83. The Bertz CT molecular complexity index is 1280. The van der Waals surface area contributed by atoms with E-state index >= 15 is 0 Å². The van der Waals surface area contributed by atoms with Gasteiger partial charge in [-0.3, -0.25) is 4.79 Å². The minimum atomic E-state index is -0.515.